The Morgan fingerprint density at radius 2 is 2.06 bits per heavy atom. The lowest BCUT2D eigenvalue weighted by Gasteiger charge is -2.35. The van der Waals surface area contributed by atoms with Crippen LogP contribution in [0.25, 0.3) is 0 Å². The minimum absolute atomic E-state index is 0.229. The minimum Gasteiger partial charge on any atom is -0.385 e. The standard InChI is InChI=1S/C15H22O3/c1-6-15(5,18)8-7-11-10(2)13(17)12(16)9-14(11,3)4/h6-8,12,16,18H,1,9H2,2-5H3/b8-7+/t12-,15?/m1/s1. The fourth-order valence-corrected chi connectivity index (χ4v) is 2.25. The van der Waals surface area contributed by atoms with Gasteiger partial charge in [-0.05, 0) is 42.9 Å². The van der Waals surface area contributed by atoms with Crippen LogP contribution in [-0.2, 0) is 4.79 Å². The first-order valence-corrected chi connectivity index (χ1v) is 6.09. The number of ketones is 1. The number of carbonyl (C=O) groups excluding carboxylic acids is 1. The van der Waals surface area contributed by atoms with E-state index in [2.05, 4.69) is 6.58 Å². The van der Waals surface area contributed by atoms with Crippen molar-refractivity contribution in [3.05, 3.63) is 36.0 Å². The second kappa shape index (κ2) is 4.82. The smallest absolute Gasteiger partial charge is 0.187 e. The monoisotopic (exact) mass is 250 g/mol. The molecule has 3 nitrogen and oxygen atoms in total. The fraction of sp³-hybridized carbons (Fsp3) is 0.533. The normalized spacial score (nSPS) is 27.4. The summed E-state index contributed by atoms with van der Waals surface area (Å²) in [5.41, 5.74) is 0.0444. The average molecular weight is 250 g/mol. The van der Waals surface area contributed by atoms with E-state index in [9.17, 15) is 15.0 Å². The van der Waals surface area contributed by atoms with Crippen LogP contribution in [0.2, 0.25) is 0 Å². The molecule has 0 aromatic heterocycles. The van der Waals surface area contributed by atoms with Crippen molar-refractivity contribution in [1.29, 1.82) is 0 Å². The van der Waals surface area contributed by atoms with Gasteiger partial charge in [0, 0.05) is 0 Å². The molecule has 0 radical (unpaired) electrons. The van der Waals surface area contributed by atoms with E-state index in [-0.39, 0.29) is 11.2 Å². The minimum atomic E-state index is -1.09. The Hall–Kier alpha value is -1.19. The second-order valence-electron chi connectivity index (χ2n) is 5.77. The molecular formula is C15H22O3. The highest BCUT2D eigenvalue weighted by atomic mass is 16.3. The molecule has 3 heteroatoms. The third-order valence-electron chi connectivity index (χ3n) is 3.51. The Morgan fingerprint density at radius 3 is 2.56 bits per heavy atom. The molecule has 0 aromatic rings. The zero-order valence-electron chi connectivity index (χ0n) is 11.5. The lowest BCUT2D eigenvalue weighted by Crippen LogP contribution is -2.35. The third kappa shape index (κ3) is 2.98. The van der Waals surface area contributed by atoms with Gasteiger partial charge in [-0.25, -0.2) is 0 Å². The van der Waals surface area contributed by atoms with Gasteiger partial charge < -0.3 is 10.2 Å². The molecule has 0 saturated carbocycles. The first-order valence-electron chi connectivity index (χ1n) is 6.09. The number of aliphatic hydroxyl groups is 2. The van der Waals surface area contributed by atoms with Crippen LogP contribution in [0, 0.1) is 5.41 Å². The summed E-state index contributed by atoms with van der Waals surface area (Å²) in [6, 6.07) is 0. The van der Waals surface area contributed by atoms with Crippen molar-refractivity contribution in [2.75, 3.05) is 0 Å². The Balaban J connectivity index is 3.19. The number of carbonyl (C=O) groups is 1. The summed E-state index contributed by atoms with van der Waals surface area (Å²) in [7, 11) is 0. The van der Waals surface area contributed by atoms with Gasteiger partial charge in [-0.2, -0.15) is 0 Å². The van der Waals surface area contributed by atoms with Crippen LogP contribution in [0.3, 0.4) is 0 Å². The zero-order chi connectivity index (χ0) is 14.1. The second-order valence-corrected chi connectivity index (χ2v) is 5.77. The van der Waals surface area contributed by atoms with Gasteiger partial charge in [-0.15, -0.1) is 0 Å². The number of Topliss-reactive ketones (excluding diaryl/α,β-unsaturated/α-hetero) is 1. The third-order valence-corrected chi connectivity index (χ3v) is 3.51. The highest BCUT2D eigenvalue weighted by molar-refractivity contribution is 6.00. The molecule has 18 heavy (non-hydrogen) atoms. The van der Waals surface area contributed by atoms with E-state index in [0.29, 0.717) is 12.0 Å². The Kier molecular flexibility index (Phi) is 3.99. The summed E-state index contributed by atoms with van der Waals surface area (Å²) in [6.45, 7) is 10.9. The predicted molar refractivity (Wildman–Crippen MR) is 72.1 cm³/mol. The van der Waals surface area contributed by atoms with Crippen molar-refractivity contribution >= 4 is 5.78 Å². The SMILES string of the molecule is C=CC(C)(O)/C=C/C1=C(C)C(=O)[C@H](O)CC1(C)C. The van der Waals surface area contributed by atoms with Crippen molar-refractivity contribution in [2.45, 2.75) is 45.8 Å². The molecule has 1 rings (SSSR count). The average Bonchev–Trinajstić information content (AvgIpc) is 2.25. The molecule has 2 atom stereocenters. The maximum atomic E-state index is 11.8. The van der Waals surface area contributed by atoms with Crippen LogP contribution in [0.15, 0.2) is 36.0 Å². The van der Waals surface area contributed by atoms with Gasteiger partial charge in [0.05, 0.1) is 5.60 Å². The molecule has 0 saturated heterocycles. The first-order chi connectivity index (χ1) is 8.10. The molecule has 1 aliphatic carbocycles. The van der Waals surface area contributed by atoms with Crippen molar-refractivity contribution < 1.29 is 15.0 Å². The van der Waals surface area contributed by atoms with Gasteiger partial charge in [0.15, 0.2) is 5.78 Å². The largest absolute Gasteiger partial charge is 0.385 e. The van der Waals surface area contributed by atoms with Crippen LogP contribution in [0.5, 0.6) is 0 Å². The highest BCUT2D eigenvalue weighted by Crippen LogP contribution is 2.39. The molecule has 0 bridgehead atoms. The van der Waals surface area contributed by atoms with Crippen molar-refractivity contribution in [3.63, 3.8) is 0 Å². The van der Waals surface area contributed by atoms with Gasteiger partial charge in [-0.3, -0.25) is 4.79 Å². The van der Waals surface area contributed by atoms with Gasteiger partial charge >= 0.3 is 0 Å². The van der Waals surface area contributed by atoms with Crippen LogP contribution in [-0.4, -0.2) is 27.7 Å². The van der Waals surface area contributed by atoms with Crippen LogP contribution >= 0.6 is 0 Å². The predicted octanol–water partition coefficient (Wildman–Crippen LogP) is 2.16. The van der Waals surface area contributed by atoms with E-state index in [4.69, 9.17) is 0 Å². The van der Waals surface area contributed by atoms with E-state index < -0.39 is 11.7 Å². The van der Waals surface area contributed by atoms with Crippen molar-refractivity contribution in [2.24, 2.45) is 5.41 Å². The lowest BCUT2D eigenvalue weighted by atomic mass is 9.71. The molecule has 0 fully saturated rings. The van der Waals surface area contributed by atoms with Gasteiger partial charge in [-0.1, -0.05) is 32.6 Å². The Bertz CT molecular complexity index is 425. The van der Waals surface area contributed by atoms with E-state index in [1.54, 1.807) is 26.0 Å². The maximum Gasteiger partial charge on any atom is 0.187 e. The lowest BCUT2D eigenvalue weighted by molar-refractivity contribution is -0.125. The van der Waals surface area contributed by atoms with Crippen LogP contribution in [0.4, 0.5) is 0 Å². The first kappa shape index (κ1) is 14.9. The summed E-state index contributed by atoms with van der Waals surface area (Å²) in [4.78, 5) is 11.8. The van der Waals surface area contributed by atoms with Crippen LogP contribution in [0.1, 0.15) is 34.1 Å². The Morgan fingerprint density at radius 1 is 1.50 bits per heavy atom. The number of hydrogen-bond acceptors (Lipinski definition) is 3. The molecule has 0 amide bonds. The van der Waals surface area contributed by atoms with E-state index in [0.717, 1.165) is 5.57 Å². The molecule has 1 unspecified atom stereocenters. The fourth-order valence-electron chi connectivity index (χ4n) is 2.25. The molecule has 2 N–H and O–H groups in total. The van der Waals surface area contributed by atoms with Gasteiger partial charge in [0.2, 0.25) is 0 Å². The van der Waals surface area contributed by atoms with Crippen LogP contribution < -0.4 is 0 Å². The highest BCUT2D eigenvalue weighted by Gasteiger charge is 2.36. The van der Waals surface area contributed by atoms with Crippen molar-refractivity contribution in [3.8, 4) is 0 Å². The molecule has 0 aliphatic heterocycles. The maximum absolute atomic E-state index is 11.8. The number of hydrogen-bond donors (Lipinski definition) is 2. The van der Waals surface area contributed by atoms with Gasteiger partial charge in [0.25, 0.3) is 0 Å². The van der Waals surface area contributed by atoms with E-state index in [1.165, 1.54) is 6.08 Å². The van der Waals surface area contributed by atoms with E-state index in [1.807, 2.05) is 13.8 Å². The zero-order valence-corrected chi connectivity index (χ0v) is 11.5. The molecule has 100 valence electrons. The summed E-state index contributed by atoms with van der Waals surface area (Å²) < 4.78 is 0. The topological polar surface area (TPSA) is 57.5 Å². The summed E-state index contributed by atoms with van der Waals surface area (Å²) >= 11 is 0. The molecule has 0 heterocycles. The molecule has 1 aliphatic rings. The van der Waals surface area contributed by atoms with E-state index >= 15 is 0 Å². The molecule has 0 aromatic carbocycles. The summed E-state index contributed by atoms with van der Waals surface area (Å²) in [5.74, 6) is -0.229. The number of aliphatic hydroxyl groups excluding tert-OH is 1. The van der Waals surface area contributed by atoms with Crippen molar-refractivity contribution in [1.82, 2.24) is 0 Å². The van der Waals surface area contributed by atoms with Gasteiger partial charge in [0.1, 0.15) is 6.10 Å². The summed E-state index contributed by atoms with van der Waals surface area (Å²) in [5, 5.41) is 19.6. The molecule has 0 spiro atoms. The Labute approximate surface area is 109 Å². The summed E-state index contributed by atoms with van der Waals surface area (Å²) in [6.07, 6.45) is 4.30. The number of allylic oxidation sites excluding steroid dienone is 2. The quantitative estimate of drug-likeness (QED) is 0.755. The number of rotatable bonds is 3. The molecular weight excluding hydrogens is 228 g/mol.